The average molecular weight is 462 g/mol. The Morgan fingerprint density at radius 1 is 0.500 bits per heavy atom. The highest BCUT2D eigenvalue weighted by atomic mass is 31.2. The van der Waals surface area contributed by atoms with Crippen molar-refractivity contribution in [1.82, 2.24) is 0 Å². The molecule has 0 aliphatic heterocycles. The molecule has 2 unspecified atom stereocenters. The van der Waals surface area contributed by atoms with Gasteiger partial charge in [0.1, 0.15) is 0 Å². The molecule has 0 spiro atoms. The Kier molecular flexibility index (Phi) is 10.6. The van der Waals surface area contributed by atoms with E-state index in [-0.39, 0.29) is 38.5 Å². The lowest BCUT2D eigenvalue weighted by Gasteiger charge is -2.23. The molecule has 0 aliphatic carbocycles. The maximum absolute atomic E-state index is 11.5. The van der Waals surface area contributed by atoms with Crippen LogP contribution >= 0.6 is 30.4 Å². The summed E-state index contributed by atoms with van der Waals surface area (Å²) in [6.07, 6.45) is -2.51. The molecule has 0 rings (SSSR count). The van der Waals surface area contributed by atoms with Gasteiger partial charge < -0.3 is 39.1 Å². The van der Waals surface area contributed by atoms with E-state index in [1.54, 1.807) is 0 Å². The molecule has 2 atom stereocenters. The van der Waals surface area contributed by atoms with Crippen LogP contribution in [0, 0.1) is 0 Å². The van der Waals surface area contributed by atoms with Crippen LogP contribution in [0.25, 0.3) is 0 Å². The van der Waals surface area contributed by atoms with E-state index in [2.05, 4.69) is 0 Å². The summed E-state index contributed by atoms with van der Waals surface area (Å²) >= 11 is 0. The summed E-state index contributed by atoms with van der Waals surface area (Å²) in [5.74, 6) is 0. The predicted octanol–water partition coefficient (Wildman–Crippen LogP) is 0.775. The van der Waals surface area contributed by atoms with Gasteiger partial charge in [0, 0.05) is 12.3 Å². The summed E-state index contributed by atoms with van der Waals surface area (Å²) in [5.41, 5.74) is -2.63. The number of hydrogen-bond acceptors (Lipinski definition) is 4. The highest BCUT2D eigenvalue weighted by Crippen LogP contribution is 2.51. The molecule has 12 nitrogen and oxygen atoms in total. The van der Waals surface area contributed by atoms with Gasteiger partial charge in [-0.15, -0.1) is 0 Å². The first-order valence-corrected chi connectivity index (χ1v) is 14.6. The quantitative estimate of drug-likeness (QED) is 0.177. The summed E-state index contributed by atoms with van der Waals surface area (Å²) in [5, 5.41) is 0. The molecule has 158 valence electrons. The van der Waals surface area contributed by atoms with Gasteiger partial charge in [0.15, 0.2) is 0 Å². The Morgan fingerprint density at radius 3 is 0.962 bits per heavy atom. The third kappa shape index (κ3) is 13.7. The molecular formula is C10H26O12P4. The van der Waals surface area contributed by atoms with Gasteiger partial charge in [0.05, 0.1) is 11.3 Å². The van der Waals surface area contributed by atoms with Gasteiger partial charge >= 0.3 is 30.4 Å². The molecule has 16 heteroatoms. The monoisotopic (exact) mass is 462 g/mol. The maximum atomic E-state index is 11.5. The second-order valence-corrected chi connectivity index (χ2v) is 13.5. The van der Waals surface area contributed by atoms with Crippen molar-refractivity contribution in [1.29, 1.82) is 0 Å². The van der Waals surface area contributed by atoms with E-state index >= 15 is 0 Å². The summed E-state index contributed by atoms with van der Waals surface area (Å²) in [4.78, 5) is 72.4. The lowest BCUT2D eigenvalue weighted by molar-refractivity contribution is 0.331. The molecule has 0 radical (unpaired) electrons. The van der Waals surface area contributed by atoms with Crippen molar-refractivity contribution >= 4 is 30.4 Å². The van der Waals surface area contributed by atoms with Crippen LogP contribution in [-0.4, -0.2) is 62.8 Å². The molecule has 0 aromatic heterocycles. The van der Waals surface area contributed by atoms with Crippen LogP contribution in [0.4, 0.5) is 0 Å². The molecule has 0 saturated carbocycles. The molecule has 0 saturated heterocycles. The fourth-order valence-corrected chi connectivity index (χ4v) is 5.61. The SMILES string of the molecule is O=P(O)(O)CCCC(CCC(CCCP(=O)(O)O)P(=O)(O)O)P(=O)(O)O. The van der Waals surface area contributed by atoms with E-state index in [0.717, 1.165) is 0 Å². The highest BCUT2D eigenvalue weighted by Gasteiger charge is 2.34. The third-order valence-corrected chi connectivity index (χ3v) is 8.49. The van der Waals surface area contributed by atoms with Crippen molar-refractivity contribution in [2.24, 2.45) is 0 Å². The Morgan fingerprint density at radius 2 is 0.769 bits per heavy atom. The van der Waals surface area contributed by atoms with E-state index in [9.17, 15) is 37.8 Å². The summed E-state index contributed by atoms with van der Waals surface area (Å²) < 4.78 is 44.6. The molecule has 0 amide bonds. The van der Waals surface area contributed by atoms with Gasteiger partial charge in [0.2, 0.25) is 0 Å². The standard InChI is InChI=1S/C10H26O12P4/c11-23(12,13)7-1-3-9(25(17,18)19)5-6-10(26(20,21)22)4-2-8-24(14,15)16/h9-10H,1-8H2,(H2,11,12,13)(H2,14,15,16)(H2,17,18,19)(H2,20,21,22). The molecule has 0 aliphatic rings. The van der Waals surface area contributed by atoms with Crippen LogP contribution in [0.3, 0.4) is 0 Å². The normalized spacial score (nSPS) is 16.5. The molecule has 0 bridgehead atoms. The van der Waals surface area contributed by atoms with Crippen LogP contribution in [0.1, 0.15) is 38.5 Å². The molecule has 0 fully saturated rings. The van der Waals surface area contributed by atoms with Crippen molar-refractivity contribution in [3.8, 4) is 0 Å². The average Bonchev–Trinajstić information content (AvgIpc) is 2.34. The van der Waals surface area contributed by atoms with Crippen molar-refractivity contribution in [3.63, 3.8) is 0 Å². The van der Waals surface area contributed by atoms with Crippen molar-refractivity contribution in [2.75, 3.05) is 12.3 Å². The topological polar surface area (TPSA) is 230 Å². The summed E-state index contributed by atoms with van der Waals surface area (Å²) in [7, 11) is -17.9. The second-order valence-electron chi connectivity index (χ2n) is 6.12. The van der Waals surface area contributed by atoms with E-state index in [1.165, 1.54) is 0 Å². The summed E-state index contributed by atoms with van der Waals surface area (Å²) in [6.45, 7) is 0. The lowest BCUT2D eigenvalue weighted by Crippen LogP contribution is -2.16. The van der Waals surface area contributed by atoms with Gasteiger partial charge in [-0.25, -0.2) is 0 Å². The molecule has 8 N–H and O–H groups in total. The Balaban J connectivity index is 4.84. The molecule has 0 aromatic rings. The second kappa shape index (κ2) is 10.4. The van der Waals surface area contributed by atoms with Gasteiger partial charge in [-0.1, -0.05) is 0 Å². The first-order chi connectivity index (χ1) is 11.4. The zero-order valence-corrected chi connectivity index (χ0v) is 17.4. The molecule has 26 heavy (non-hydrogen) atoms. The van der Waals surface area contributed by atoms with E-state index in [0.29, 0.717) is 0 Å². The van der Waals surface area contributed by atoms with E-state index in [4.69, 9.17) is 19.6 Å². The fourth-order valence-electron chi connectivity index (χ4n) is 2.41. The molecule has 0 heterocycles. The van der Waals surface area contributed by atoms with Crippen molar-refractivity contribution in [2.45, 2.75) is 49.8 Å². The van der Waals surface area contributed by atoms with Gasteiger partial charge in [0.25, 0.3) is 0 Å². The zero-order chi connectivity index (χ0) is 20.8. The minimum Gasteiger partial charge on any atom is -0.324 e. The minimum atomic E-state index is -4.65. The first kappa shape index (κ1) is 26.6. The zero-order valence-electron chi connectivity index (χ0n) is 13.8. The van der Waals surface area contributed by atoms with Gasteiger partial charge in [-0.3, -0.25) is 18.3 Å². The van der Waals surface area contributed by atoms with E-state index in [1.807, 2.05) is 0 Å². The Hall–Kier alpha value is 0.600. The number of rotatable bonds is 13. The third-order valence-electron chi connectivity index (χ3n) is 3.76. The van der Waals surface area contributed by atoms with Crippen LogP contribution in [-0.2, 0) is 18.3 Å². The van der Waals surface area contributed by atoms with E-state index < -0.39 is 54.0 Å². The maximum Gasteiger partial charge on any atom is 0.328 e. The Bertz CT molecular complexity index is 558. The lowest BCUT2D eigenvalue weighted by atomic mass is 10.1. The van der Waals surface area contributed by atoms with Gasteiger partial charge in [-0.05, 0) is 38.5 Å². The van der Waals surface area contributed by atoms with Crippen LogP contribution in [0.5, 0.6) is 0 Å². The predicted molar refractivity (Wildman–Crippen MR) is 93.2 cm³/mol. The van der Waals surface area contributed by atoms with Crippen LogP contribution in [0.15, 0.2) is 0 Å². The molecule has 0 aromatic carbocycles. The van der Waals surface area contributed by atoms with Crippen LogP contribution in [0.2, 0.25) is 0 Å². The molecular weight excluding hydrogens is 436 g/mol. The smallest absolute Gasteiger partial charge is 0.324 e. The minimum absolute atomic E-state index is 0.168. The number of hydrogen-bond donors (Lipinski definition) is 8. The van der Waals surface area contributed by atoms with Gasteiger partial charge in [-0.2, -0.15) is 0 Å². The van der Waals surface area contributed by atoms with Crippen molar-refractivity contribution in [3.05, 3.63) is 0 Å². The highest BCUT2D eigenvalue weighted by molar-refractivity contribution is 7.53. The summed E-state index contributed by atoms with van der Waals surface area (Å²) in [6, 6.07) is 0. The van der Waals surface area contributed by atoms with Crippen LogP contribution < -0.4 is 0 Å². The van der Waals surface area contributed by atoms with Crippen molar-refractivity contribution < 1.29 is 57.4 Å². The largest absolute Gasteiger partial charge is 0.328 e. The first-order valence-electron chi connectivity index (χ1n) is 7.61. The Labute approximate surface area is 150 Å². The fraction of sp³-hybridized carbons (Fsp3) is 1.00.